The summed E-state index contributed by atoms with van der Waals surface area (Å²) in [4.78, 5) is 24.1. The van der Waals surface area contributed by atoms with E-state index in [0.29, 0.717) is 44.2 Å². The molecule has 1 unspecified atom stereocenters. The first kappa shape index (κ1) is 26.1. The van der Waals surface area contributed by atoms with Crippen LogP contribution in [0.25, 0.3) is 0 Å². The summed E-state index contributed by atoms with van der Waals surface area (Å²) < 4.78 is 44.7. The Bertz CT molecular complexity index is 869. The third-order valence-corrected chi connectivity index (χ3v) is 8.39. The van der Waals surface area contributed by atoms with E-state index in [1.165, 1.54) is 6.20 Å². The molecule has 1 aromatic rings. The highest BCUT2D eigenvalue weighted by molar-refractivity contribution is 5.83. The molecular formula is C25H39F3N5O2+. The monoisotopic (exact) mass is 498 g/mol. The molecule has 7 nitrogen and oxygen atoms in total. The molecule has 3 atom stereocenters. The average Bonchev–Trinajstić information content (AvgIpc) is 3.29. The number of aromatic amines is 1. The van der Waals surface area contributed by atoms with E-state index >= 15 is 0 Å². The van der Waals surface area contributed by atoms with Crippen LogP contribution in [0.1, 0.15) is 58.6 Å². The predicted molar refractivity (Wildman–Crippen MR) is 126 cm³/mol. The van der Waals surface area contributed by atoms with Gasteiger partial charge in [0.1, 0.15) is 0 Å². The van der Waals surface area contributed by atoms with Crippen LogP contribution in [0, 0.1) is 17.3 Å². The van der Waals surface area contributed by atoms with Crippen LogP contribution in [0.3, 0.4) is 0 Å². The number of aromatic nitrogens is 2. The summed E-state index contributed by atoms with van der Waals surface area (Å²) in [5.74, 6) is 1.22. The number of amides is 1. The Hall–Kier alpha value is -1.94. The van der Waals surface area contributed by atoms with E-state index in [1.54, 1.807) is 4.90 Å². The summed E-state index contributed by atoms with van der Waals surface area (Å²) in [5.41, 5.74) is -1.31. The van der Waals surface area contributed by atoms with Crippen LogP contribution in [0.15, 0.2) is 12.3 Å². The van der Waals surface area contributed by atoms with Gasteiger partial charge in [-0.1, -0.05) is 18.8 Å². The lowest BCUT2D eigenvalue weighted by Crippen LogP contribution is -2.55. The fraction of sp³-hybridized carbons (Fsp3) is 0.800. The van der Waals surface area contributed by atoms with Crippen molar-refractivity contribution < 1.29 is 27.7 Å². The van der Waals surface area contributed by atoms with Crippen molar-refractivity contribution in [1.29, 1.82) is 0 Å². The minimum atomic E-state index is -4.49. The Labute approximate surface area is 205 Å². The number of carbonyl (C=O) groups excluding carboxylic acids is 1. The number of hydrogen-bond acceptors (Lipinski definition) is 5. The minimum absolute atomic E-state index is 0.191. The van der Waals surface area contributed by atoms with Crippen LogP contribution >= 0.6 is 0 Å². The van der Waals surface area contributed by atoms with E-state index in [9.17, 15) is 18.0 Å². The summed E-state index contributed by atoms with van der Waals surface area (Å²) in [6, 6.07) is 1.66. The van der Waals surface area contributed by atoms with E-state index in [4.69, 9.17) is 4.74 Å². The van der Waals surface area contributed by atoms with E-state index < -0.39 is 17.3 Å². The molecular weight excluding hydrogens is 459 g/mol. The van der Waals surface area contributed by atoms with Gasteiger partial charge in [-0.2, -0.15) is 13.2 Å². The largest absolute Gasteiger partial charge is 0.449 e. The molecule has 196 valence electrons. The van der Waals surface area contributed by atoms with Crippen LogP contribution in [-0.4, -0.2) is 67.3 Å². The Morgan fingerprint density at radius 2 is 1.86 bits per heavy atom. The lowest BCUT2D eigenvalue weighted by Gasteiger charge is -2.40. The number of nitrogens with one attached hydrogen (secondary N) is 2. The van der Waals surface area contributed by atoms with Crippen molar-refractivity contribution in [3.8, 4) is 0 Å². The number of piperazine rings is 1. The number of carbonyl (C=O) groups is 1. The van der Waals surface area contributed by atoms with Crippen LogP contribution in [0.4, 0.5) is 19.1 Å². The van der Waals surface area contributed by atoms with Crippen molar-refractivity contribution in [3.05, 3.63) is 18.0 Å². The Balaban J connectivity index is 1.36. The quantitative estimate of drug-likeness (QED) is 0.653. The number of halogens is 3. The van der Waals surface area contributed by atoms with Crippen molar-refractivity contribution >= 4 is 11.9 Å². The van der Waals surface area contributed by atoms with Gasteiger partial charge >= 0.3 is 12.1 Å². The summed E-state index contributed by atoms with van der Waals surface area (Å²) in [5, 5.41) is 3.82. The summed E-state index contributed by atoms with van der Waals surface area (Å²) in [6.07, 6.45) is 1.63. The maximum atomic E-state index is 13.8. The molecule has 3 fully saturated rings. The molecule has 2 N–H and O–H groups in total. The van der Waals surface area contributed by atoms with Gasteiger partial charge in [-0.3, -0.25) is 9.69 Å². The van der Waals surface area contributed by atoms with E-state index in [1.807, 2.05) is 4.90 Å². The second kappa shape index (κ2) is 10.6. The first-order chi connectivity index (χ1) is 16.6. The van der Waals surface area contributed by atoms with Crippen molar-refractivity contribution in [2.45, 2.75) is 71.1 Å². The van der Waals surface area contributed by atoms with Gasteiger partial charge in [0.2, 0.25) is 11.6 Å². The molecule has 3 aliphatic rings. The number of nitrogens with zero attached hydrogens (tertiary/aromatic N) is 3. The summed E-state index contributed by atoms with van der Waals surface area (Å²) in [7, 11) is 0. The SMILES string of the molecule is CC(N[C@@H]1CC[C@@](C(=O)N2CCN(c3nc(C(F)(F)F)cc[nH+]3)CC2)(C(C)C)C1)C1CCOCC1. The zero-order valence-corrected chi connectivity index (χ0v) is 21.0. The lowest BCUT2D eigenvalue weighted by atomic mass is 9.74. The van der Waals surface area contributed by atoms with E-state index in [0.717, 1.165) is 51.4 Å². The molecule has 2 saturated heterocycles. The standard InChI is InChI=1S/C25H38F3N5O2/c1-17(2)24(8-4-20(16-24)30-18(3)19-6-14-35-15-7-19)22(34)32-10-12-33(13-11-32)23-29-9-5-21(31-23)25(26,27)28/h5,9,17-20,30H,4,6-8,10-16H2,1-3H3/p+1/t18?,20-,24+/m1/s1. The van der Waals surface area contributed by atoms with Crippen molar-refractivity contribution in [3.63, 3.8) is 0 Å². The van der Waals surface area contributed by atoms with E-state index in [2.05, 4.69) is 36.1 Å². The van der Waals surface area contributed by atoms with Crippen LogP contribution < -0.4 is 15.2 Å². The lowest BCUT2D eigenvalue weighted by molar-refractivity contribution is -0.369. The number of ether oxygens (including phenoxy) is 1. The maximum Gasteiger partial charge on any atom is 0.449 e. The Kier molecular flexibility index (Phi) is 7.90. The molecule has 3 heterocycles. The van der Waals surface area contributed by atoms with Crippen molar-refractivity contribution in [1.82, 2.24) is 15.2 Å². The second-order valence-corrected chi connectivity index (χ2v) is 10.7. The molecule has 1 saturated carbocycles. The Morgan fingerprint density at radius 3 is 2.49 bits per heavy atom. The average molecular weight is 499 g/mol. The topological polar surface area (TPSA) is 71.8 Å². The van der Waals surface area contributed by atoms with Crippen molar-refractivity contribution in [2.24, 2.45) is 17.3 Å². The first-order valence-corrected chi connectivity index (χ1v) is 12.9. The van der Waals surface area contributed by atoms with Gasteiger partial charge in [-0.05, 0) is 50.9 Å². The molecule has 0 spiro atoms. The van der Waals surface area contributed by atoms with E-state index in [-0.39, 0.29) is 17.8 Å². The van der Waals surface area contributed by atoms with Gasteiger partial charge in [0.15, 0.2) is 0 Å². The molecule has 1 aromatic heterocycles. The second-order valence-electron chi connectivity index (χ2n) is 10.7. The fourth-order valence-electron chi connectivity index (χ4n) is 6.04. The smallest absolute Gasteiger partial charge is 0.381 e. The number of hydrogen-bond donors (Lipinski definition) is 1. The predicted octanol–water partition coefficient (Wildman–Crippen LogP) is 3.16. The third kappa shape index (κ3) is 5.74. The molecule has 35 heavy (non-hydrogen) atoms. The van der Waals surface area contributed by atoms with Gasteiger partial charge in [0, 0.05) is 31.4 Å². The minimum Gasteiger partial charge on any atom is -0.381 e. The number of rotatable bonds is 6. The third-order valence-electron chi connectivity index (χ3n) is 8.39. The van der Waals surface area contributed by atoms with Crippen LogP contribution in [0.2, 0.25) is 0 Å². The number of alkyl halides is 3. The van der Waals surface area contributed by atoms with Crippen LogP contribution in [-0.2, 0) is 15.7 Å². The molecule has 0 aromatic carbocycles. The van der Waals surface area contributed by atoms with Gasteiger partial charge in [0.25, 0.3) is 0 Å². The molecule has 10 heteroatoms. The van der Waals surface area contributed by atoms with Gasteiger partial charge in [-0.15, -0.1) is 0 Å². The van der Waals surface area contributed by atoms with Gasteiger partial charge in [0.05, 0.1) is 37.8 Å². The van der Waals surface area contributed by atoms with Crippen molar-refractivity contribution in [2.75, 3.05) is 44.3 Å². The highest BCUT2D eigenvalue weighted by Gasteiger charge is 2.50. The molecule has 1 aliphatic carbocycles. The molecule has 1 amide bonds. The normalized spacial score (nSPS) is 27.5. The van der Waals surface area contributed by atoms with Crippen LogP contribution in [0.5, 0.6) is 0 Å². The Morgan fingerprint density at radius 1 is 1.17 bits per heavy atom. The van der Waals surface area contributed by atoms with Gasteiger partial charge < -0.3 is 15.0 Å². The number of anilines is 1. The maximum absolute atomic E-state index is 13.8. The molecule has 0 radical (unpaired) electrons. The summed E-state index contributed by atoms with van der Waals surface area (Å²) >= 11 is 0. The molecule has 0 bridgehead atoms. The highest BCUT2D eigenvalue weighted by atomic mass is 19.4. The molecule has 2 aliphatic heterocycles. The first-order valence-electron chi connectivity index (χ1n) is 12.9. The van der Waals surface area contributed by atoms with Gasteiger partial charge in [-0.25, -0.2) is 4.98 Å². The highest BCUT2D eigenvalue weighted by Crippen LogP contribution is 2.46. The molecule has 4 rings (SSSR count). The fourth-order valence-corrected chi connectivity index (χ4v) is 6.04. The number of H-pyrrole nitrogens is 1. The zero-order valence-electron chi connectivity index (χ0n) is 21.0. The summed E-state index contributed by atoms with van der Waals surface area (Å²) in [6.45, 7) is 10.1. The zero-order chi connectivity index (χ0) is 25.2.